The molecule has 1 amide bonds. The van der Waals surface area contributed by atoms with E-state index in [1.165, 1.54) is 12.1 Å². The zero-order valence-electron chi connectivity index (χ0n) is 12.3. The van der Waals surface area contributed by atoms with Crippen molar-refractivity contribution in [2.24, 2.45) is 0 Å². The molecule has 6 nitrogen and oxygen atoms in total. The van der Waals surface area contributed by atoms with Crippen LogP contribution in [0.1, 0.15) is 11.1 Å². The summed E-state index contributed by atoms with van der Waals surface area (Å²) in [6.07, 6.45) is 0.832. The third kappa shape index (κ3) is 3.76. The Morgan fingerprint density at radius 1 is 1.13 bits per heavy atom. The highest BCUT2D eigenvalue weighted by molar-refractivity contribution is 7.86. The zero-order chi connectivity index (χ0) is 16.3. The van der Waals surface area contributed by atoms with E-state index in [1.54, 1.807) is 6.07 Å². The molecule has 0 saturated carbocycles. The van der Waals surface area contributed by atoms with Crippen molar-refractivity contribution in [3.05, 3.63) is 59.7 Å². The molecule has 2 N–H and O–H groups in total. The number of benzene rings is 2. The molecule has 0 bridgehead atoms. The molecule has 1 heterocycles. The fourth-order valence-corrected chi connectivity index (χ4v) is 3.22. The van der Waals surface area contributed by atoms with Gasteiger partial charge in [0.1, 0.15) is 0 Å². The lowest BCUT2D eigenvalue weighted by atomic mass is 10.2. The van der Waals surface area contributed by atoms with Crippen LogP contribution in [0.4, 0.5) is 5.69 Å². The Bertz CT molecular complexity index is 819. The monoisotopic (exact) mass is 332 g/mol. The summed E-state index contributed by atoms with van der Waals surface area (Å²) >= 11 is 0. The van der Waals surface area contributed by atoms with Crippen molar-refractivity contribution in [1.82, 2.24) is 5.48 Å². The molecule has 2 aromatic rings. The molecule has 0 atom stereocenters. The first-order chi connectivity index (χ1) is 11.0. The first-order valence-electron chi connectivity index (χ1n) is 7.18. The molecule has 0 unspecified atom stereocenters. The Balaban J connectivity index is 1.59. The maximum atomic E-state index is 12.1. The second-order valence-electron chi connectivity index (χ2n) is 5.21. The Morgan fingerprint density at radius 3 is 2.70 bits per heavy atom. The van der Waals surface area contributed by atoms with Crippen LogP contribution in [-0.2, 0) is 32.0 Å². The van der Waals surface area contributed by atoms with Crippen LogP contribution in [0.5, 0.6) is 0 Å². The van der Waals surface area contributed by atoms with Crippen molar-refractivity contribution in [1.29, 1.82) is 0 Å². The van der Waals surface area contributed by atoms with Crippen LogP contribution < -0.4 is 10.8 Å². The van der Waals surface area contributed by atoms with Crippen molar-refractivity contribution in [3.63, 3.8) is 0 Å². The average molecular weight is 332 g/mol. The predicted octanol–water partition coefficient (Wildman–Crippen LogP) is 1.63. The van der Waals surface area contributed by atoms with Gasteiger partial charge in [0.25, 0.3) is 0 Å². The molecular formula is C16H16N2O4S. The topological polar surface area (TPSA) is 84.5 Å². The smallest absolute Gasteiger partial charge is 0.312 e. The number of hydrogen-bond donors (Lipinski definition) is 2. The van der Waals surface area contributed by atoms with E-state index in [-0.39, 0.29) is 17.2 Å². The van der Waals surface area contributed by atoms with Crippen LogP contribution in [-0.4, -0.2) is 20.9 Å². The fraction of sp³-hybridized carbons (Fsp3) is 0.188. The largest absolute Gasteiger partial charge is 0.326 e. The normalized spacial score (nSPS) is 13.7. The molecule has 0 fully saturated rings. The molecule has 120 valence electrons. The van der Waals surface area contributed by atoms with Gasteiger partial charge < -0.3 is 5.32 Å². The highest BCUT2D eigenvalue weighted by Crippen LogP contribution is 2.26. The molecule has 23 heavy (non-hydrogen) atoms. The number of hydroxylamine groups is 1. The lowest BCUT2D eigenvalue weighted by Gasteiger charge is -2.08. The average Bonchev–Trinajstić information content (AvgIpc) is 2.92. The number of hydrogen-bond acceptors (Lipinski definition) is 5. The van der Waals surface area contributed by atoms with E-state index in [4.69, 9.17) is 4.28 Å². The Kier molecular flexibility index (Phi) is 4.42. The third-order valence-electron chi connectivity index (χ3n) is 3.52. The van der Waals surface area contributed by atoms with Crippen LogP contribution in [0.3, 0.4) is 0 Å². The van der Waals surface area contributed by atoms with Gasteiger partial charge >= 0.3 is 10.1 Å². The van der Waals surface area contributed by atoms with Crippen molar-refractivity contribution in [2.45, 2.75) is 17.7 Å². The van der Waals surface area contributed by atoms with E-state index in [2.05, 4.69) is 10.8 Å². The van der Waals surface area contributed by atoms with Gasteiger partial charge in [0.2, 0.25) is 5.91 Å². The summed E-state index contributed by atoms with van der Waals surface area (Å²) in [5.74, 6) is -0.142. The molecule has 3 rings (SSSR count). The summed E-state index contributed by atoms with van der Waals surface area (Å²) in [6.45, 7) is 0.369. The van der Waals surface area contributed by atoms with Gasteiger partial charge in [0, 0.05) is 12.2 Å². The van der Waals surface area contributed by atoms with Crippen LogP contribution in [0.25, 0.3) is 0 Å². The summed E-state index contributed by atoms with van der Waals surface area (Å²) in [5, 5.41) is 2.66. The second kappa shape index (κ2) is 6.49. The molecule has 0 spiro atoms. The first-order valence-corrected chi connectivity index (χ1v) is 8.58. The summed E-state index contributed by atoms with van der Waals surface area (Å²) in [5.41, 5.74) is 4.87. The second-order valence-corrected chi connectivity index (χ2v) is 6.76. The molecule has 1 aliphatic rings. The lowest BCUT2D eigenvalue weighted by molar-refractivity contribution is -0.115. The van der Waals surface area contributed by atoms with Gasteiger partial charge in [-0.1, -0.05) is 30.3 Å². The number of nitrogens with one attached hydrogen (secondary N) is 2. The van der Waals surface area contributed by atoms with Gasteiger partial charge in [-0.15, -0.1) is 0 Å². The highest BCUT2D eigenvalue weighted by atomic mass is 32.2. The van der Waals surface area contributed by atoms with Crippen molar-refractivity contribution < 1.29 is 17.5 Å². The van der Waals surface area contributed by atoms with E-state index >= 15 is 0 Å². The van der Waals surface area contributed by atoms with E-state index < -0.39 is 10.1 Å². The van der Waals surface area contributed by atoms with Crippen LogP contribution in [0.2, 0.25) is 0 Å². The molecular weight excluding hydrogens is 316 g/mol. The van der Waals surface area contributed by atoms with Crippen molar-refractivity contribution in [2.75, 3.05) is 11.9 Å². The Morgan fingerprint density at radius 2 is 1.91 bits per heavy atom. The summed E-state index contributed by atoms with van der Waals surface area (Å²) in [4.78, 5) is 11.3. The molecule has 7 heteroatoms. The SMILES string of the molecule is O=C1Cc2cc(S(=O)(=O)ONCCc3ccccc3)ccc2N1. The van der Waals surface area contributed by atoms with Gasteiger partial charge in [0.15, 0.2) is 0 Å². The number of anilines is 1. The molecule has 0 aromatic heterocycles. The minimum atomic E-state index is -3.90. The van der Waals surface area contributed by atoms with E-state index in [1.807, 2.05) is 30.3 Å². The van der Waals surface area contributed by atoms with Crippen LogP contribution in [0, 0.1) is 0 Å². The van der Waals surface area contributed by atoms with Gasteiger partial charge in [-0.25, -0.2) is 0 Å². The molecule has 0 radical (unpaired) electrons. The molecule has 0 aliphatic carbocycles. The standard InChI is InChI=1S/C16H16N2O4S/c19-16-11-13-10-14(6-7-15(13)18-16)23(20,21)22-17-9-8-12-4-2-1-3-5-12/h1-7,10,17H,8-9,11H2,(H,18,19). The van der Waals surface area contributed by atoms with E-state index in [0.29, 0.717) is 24.2 Å². The minimum absolute atomic E-state index is 0.0277. The van der Waals surface area contributed by atoms with Gasteiger partial charge in [-0.2, -0.15) is 18.2 Å². The van der Waals surface area contributed by atoms with Crippen molar-refractivity contribution in [3.8, 4) is 0 Å². The van der Waals surface area contributed by atoms with E-state index in [9.17, 15) is 13.2 Å². The summed E-state index contributed by atoms with van der Waals surface area (Å²) in [6, 6.07) is 14.1. The number of amides is 1. The number of rotatable bonds is 6. The molecule has 0 saturated heterocycles. The third-order valence-corrected chi connectivity index (χ3v) is 4.69. The van der Waals surface area contributed by atoms with Gasteiger partial charge in [-0.3, -0.25) is 4.79 Å². The predicted molar refractivity (Wildman–Crippen MR) is 85.2 cm³/mol. The number of fused-ring (bicyclic) bond motifs is 1. The van der Waals surface area contributed by atoms with Crippen LogP contribution >= 0.6 is 0 Å². The molecule has 1 aliphatic heterocycles. The summed E-state index contributed by atoms with van der Waals surface area (Å²) < 4.78 is 29.1. The van der Waals surface area contributed by atoms with Gasteiger partial charge in [0.05, 0.1) is 11.3 Å². The molecule has 2 aromatic carbocycles. The lowest BCUT2D eigenvalue weighted by Crippen LogP contribution is -2.22. The quantitative estimate of drug-likeness (QED) is 0.620. The Labute approximate surface area is 134 Å². The van der Waals surface area contributed by atoms with Crippen molar-refractivity contribution >= 4 is 21.7 Å². The maximum Gasteiger partial charge on any atom is 0.312 e. The Hall–Kier alpha value is -2.22. The zero-order valence-corrected chi connectivity index (χ0v) is 13.1. The first kappa shape index (κ1) is 15.7. The maximum absolute atomic E-state index is 12.1. The summed E-state index contributed by atoms with van der Waals surface area (Å²) in [7, 11) is -3.90. The minimum Gasteiger partial charge on any atom is -0.326 e. The fourth-order valence-electron chi connectivity index (χ4n) is 2.37. The van der Waals surface area contributed by atoms with E-state index in [0.717, 1.165) is 5.56 Å². The van der Waals surface area contributed by atoms with Crippen LogP contribution in [0.15, 0.2) is 53.4 Å². The number of carbonyl (C=O) groups excluding carboxylic acids is 1. The highest BCUT2D eigenvalue weighted by Gasteiger charge is 2.22. The number of carbonyl (C=O) groups is 1. The van der Waals surface area contributed by atoms with Gasteiger partial charge in [-0.05, 0) is 35.7 Å².